The molecule has 7 heteroatoms. The van der Waals surface area contributed by atoms with Gasteiger partial charge in [0.2, 0.25) is 0 Å². The first-order valence-corrected chi connectivity index (χ1v) is 9.55. The Hall–Kier alpha value is -1.69. The van der Waals surface area contributed by atoms with Crippen LogP contribution in [0.2, 0.25) is 0 Å². The molecule has 2 aliphatic rings. The molecule has 5 nitrogen and oxygen atoms in total. The first-order valence-electron chi connectivity index (χ1n) is 7.43. The summed E-state index contributed by atoms with van der Waals surface area (Å²) in [5, 5.41) is 0.306. The SMILES string of the molecule is CCN1C(=O)C(=C2[Se]c3ccccc3N2C)C(=O)N(CC)C1=S. The van der Waals surface area contributed by atoms with E-state index in [2.05, 4.69) is 6.07 Å². The third-order valence-electron chi connectivity index (χ3n) is 3.96. The van der Waals surface area contributed by atoms with Crippen molar-refractivity contribution in [3.63, 3.8) is 0 Å². The third kappa shape index (κ3) is 2.40. The first kappa shape index (κ1) is 16.2. The number of nitrogens with zero attached hydrogens (tertiary/aromatic N) is 3. The van der Waals surface area contributed by atoms with Gasteiger partial charge in [0, 0.05) is 0 Å². The van der Waals surface area contributed by atoms with E-state index >= 15 is 0 Å². The van der Waals surface area contributed by atoms with Gasteiger partial charge < -0.3 is 0 Å². The van der Waals surface area contributed by atoms with Gasteiger partial charge in [-0.15, -0.1) is 0 Å². The van der Waals surface area contributed by atoms with Crippen LogP contribution in [0, 0.1) is 0 Å². The number of benzene rings is 1. The fourth-order valence-corrected chi connectivity index (χ4v) is 5.64. The zero-order chi connectivity index (χ0) is 16.7. The molecule has 1 fully saturated rings. The average Bonchev–Trinajstić information content (AvgIpc) is 2.86. The Bertz CT molecular complexity index is 719. The van der Waals surface area contributed by atoms with Gasteiger partial charge in [0.25, 0.3) is 0 Å². The molecule has 0 radical (unpaired) electrons. The fraction of sp³-hybridized carbons (Fsp3) is 0.312. The third-order valence-corrected chi connectivity index (χ3v) is 7.00. The van der Waals surface area contributed by atoms with Crippen molar-refractivity contribution in [1.29, 1.82) is 0 Å². The number of likely N-dealkylation sites (N-methyl/N-ethyl adjacent to an activating group) is 2. The van der Waals surface area contributed by atoms with Crippen LogP contribution in [0.5, 0.6) is 0 Å². The van der Waals surface area contributed by atoms with Gasteiger partial charge in [-0.05, 0) is 0 Å². The van der Waals surface area contributed by atoms with E-state index in [1.165, 1.54) is 14.3 Å². The van der Waals surface area contributed by atoms with Gasteiger partial charge in [-0.1, -0.05) is 0 Å². The zero-order valence-corrected chi connectivity index (χ0v) is 15.7. The quantitative estimate of drug-likeness (QED) is 0.320. The van der Waals surface area contributed by atoms with E-state index in [1.54, 1.807) is 0 Å². The Labute approximate surface area is 147 Å². The van der Waals surface area contributed by atoms with Gasteiger partial charge in [0.15, 0.2) is 0 Å². The summed E-state index contributed by atoms with van der Waals surface area (Å²) >= 11 is 5.24. The van der Waals surface area contributed by atoms with Crippen LogP contribution in [0.25, 0.3) is 0 Å². The van der Waals surface area contributed by atoms with Crippen LogP contribution < -0.4 is 9.36 Å². The molecule has 23 heavy (non-hydrogen) atoms. The number of carbonyl (C=O) groups is 2. The molecule has 2 heterocycles. The van der Waals surface area contributed by atoms with Crippen LogP contribution in [0.4, 0.5) is 5.69 Å². The molecule has 2 aliphatic heterocycles. The second-order valence-electron chi connectivity index (χ2n) is 5.19. The van der Waals surface area contributed by atoms with Crippen LogP contribution in [0.1, 0.15) is 13.8 Å². The predicted molar refractivity (Wildman–Crippen MR) is 94.6 cm³/mol. The van der Waals surface area contributed by atoms with Gasteiger partial charge >= 0.3 is 147 Å². The van der Waals surface area contributed by atoms with Gasteiger partial charge in [-0.3, -0.25) is 0 Å². The molecule has 3 rings (SSSR count). The summed E-state index contributed by atoms with van der Waals surface area (Å²) < 4.78 is 2.00. The van der Waals surface area contributed by atoms with Crippen LogP contribution in [0.15, 0.2) is 34.4 Å². The minimum atomic E-state index is -0.274. The number of carbonyl (C=O) groups excluding carboxylic acids is 2. The normalized spacial score (nSPS) is 18.2. The van der Waals surface area contributed by atoms with Gasteiger partial charge in [-0.25, -0.2) is 0 Å². The number of thiocarbonyl (C=S) groups is 1. The van der Waals surface area contributed by atoms with Crippen molar-refractivity contribution in [2.24, 2.45) is 0 Å². The molecule has 0 atom stereocenters. The Kier molecular flexibility index (Phi) is 4.27. The summed E-state index contributed by atoms with van der Waals surface area (Å²) in [6.45, 7) is 4.66. The Balaban J connectivity index is 2.12. The molecular weight excluding hydrogens is 377 g/mol. The van der Waals surface area contributed by atoms with Crippen molar-refractivity contribution in [3.05, 3.63) is 34.4 Å². The summed E-state index contributed by atoms with van der Waals surface area (Å²) in [6.07, 6.45) is 0. The van der Waals surface area contributed by atoms with Crippen molar-refractivity contribution >= 4 is 54.3 Å². The molecule has 0 aliphatic carbocycles. The number of anilines is 1. The number of fused-ring (bicyclic) bond motifs is 1. The summed E-state index contributed by atoms with van der Waals surface area (Å²) in [4.78, 5) is 30.7. The van der Waals surface area contributed by atoms with E-state index in [4.69, 9.17) is 12.2 Å². The van der Waals surface area contributed by atoms with E-state index in [1.807, 2.05) is 44.0 Å². The number of para-hydroxylation sites is 1. The van der Waals surface area contributed by atoms with Crippen LogP contribution in [0.3, 0.4) is 0 Å². The maximum atomic E-state index is 12.8. The summed E-state index contributed by atoms with van der Waals surface area (Å²) in [6, 6.07) is 8.02. The molecule has 0 bridgehead atoms. The first-order chi connectivity index (χ1) is 11.0. The van der Waals surface area contributed by atoms with Crippen molar-refractivity contribution in [2.75, 3.05) is 25.0 Å². The molecule has 1 saturated heterocycles. The van der Waals surface area contributed by atoms with Crippen molar-refractivity contribution < 1.29 is 9.59 Å². The monoisotopic (exact) mass is 395 g/mol. The van der Waals surface area contributed by atoms with Crippen molar-refractivity contribution in [2.45, 2.75) is 13.8 Å². The molecule has 0 aromatic heterocycles. The summed E-state index contributed by atoms with van der Waals surface area (Å²) in [5.74, 6) is -0.549. The number of hydrogen-bond donors (Lipinski definition) is 0. The van der Waals surface area contributed by atoms with Gasteiger partial charge in [0.1, 0.15) is 0 Å². The van der Waals surface area contributed by atoms with E-state index in [0.717, 1.165) is 10.3 Å². The summed E-state index contributed by atoms with van der Waals surface area (Å²) in [5.41, 5.74) is 1.33. The molecule has 1 aromatic rings. The van der Waals surface area contributed by atoms with Gasteiger partial charge in [-0.2, -0.15) is 0 Å². The summed E-state index contributed by atoms with van der Waals surface area (Å²) in [7, 11) is 1.91. The van der Waals surface area contributed by atoms with Gasteiger partial charge in [0.05, 0.1) is 0 Å². The standard InChI is InChI=1S/C16H17N3O2SSe/c1-4-18-13(20)12(14(21)19(5-2)16(18)22)15-17(3)10-8-6-7-9-11(10)23-15/h6-9H,4-5H2,1-3H3. The minimum absolute atomic E-state index is 0.0657. The second kappa shape index (κ2) is 6.07. The fourth-order valence-electron chi connectivity index (χ4n) is 2.74. The molecule has 1 aromatic carbocycles. The molecule has 120 valence electrons. The van der Waals surface area contributed by atoms with Crippen molar-refractivity contribution in [3.8, 4) is 0 Å². The molecule has 0 N–H and O–H groups in total. The predicted octanol–water partition coefficient (Wildman–Crippen LogP) is 0.673. The average molecular weight is 394 g/mol. The maximum absolute atomic E-state index is 12.8. The van der Waals surface area contributed by atoms with E-state index in [9.17, 15) is 9.59 Å². The van der Waals surface area contributed by atoms with E-state index in [-0.39, 0.29) is 32.3 Å². The van der Waals surface area contributed by atoms with E-state index in [0.29, 0.717) is 18.2 Å². The van der Waals surface area contributed by atoms with E-state index < -0.39 is 0 Å². The van der Waals surface area contributed by atoms with Crippen LogP contribution >= 0.6 is 12.2 Å². The Morgan fingerprint density at radius 2 is 1.61 bits per heavy atom. The Morgan fingerprint density at radius 1 is 1.04 bits per heavy atom. The second-order valence-corrected chi connectivity index (χ2v) is 7.72. The molecule has 2 amide bonds. The molecule has 0 saturated carbocycles. The molecular formula is C16H17N3O2SSe. The Morgan fingerprint density at radius 3 is 2.13 bits per heavy atom. The topological polar surface area (TPSA) is 43.9 Å². The van der Waals surface area contributed by atoms with Crippen LogP contribution in [-0.4, -0.2) is 61.8 Å². The molecule has 0 spiro atoms. The number of rotatable bonds is 2. The number of amides is 2. The number of hydrogen-bond acceptors (Lipinski definition) is 4. The molecule has 0 unspecified atom stereocenters. The van der Waals surface area contributed by atoms with Crippen LogP contribution in [-0.2, 0) is 9.59 Å². The zero-order valence-electron chi connectivity index (χ0n) is 13.2. The van der Waals surface area contributed by atoms with Crippen molar-refractivity contribution in [1.82, 2.24) is 9.80 Å².